The van der Waals surface area contributed by atoms with Crippen LogP contribution in [-0.4, -0.2) is 36.4 Å². The summed E-state index contributed by atoms with van der Waals surface area (Å²) in [6.07, 6.45) is 1.58. The molecule has 0 fully saturated rings. The van der Waals surface area contributed by atoms with Crippen LogP contribution in [0.1, 0.15) is 11.3 Å². The fraction of sp³-hybridized carbons (Fsp3) is 0.0588. The van der Waals surface area contributed by atoms with Gasteiger partial charge in [0, 0.05) is 11.3 Å². The van der Waals surface area contributed by atoms with Crippen molar-refractivity contribution in [2.45, 2.75) is 6.92 Å². The summed E-state index contributed by atoms with van der Waals surface area (Å²) in [7, 11) is 0. The van der Waals surface area contributed by atoms with Crippen molar-refractivity contribution >= 4 is 29.2 Å². The highest BCUT2D eigenvalue weighted by molar-refractivity contribution is 7.71. The van der Waals surface area contributed by atoms with Gasteiger partial charge in [-0.1, -0.05) is 30.3 Å². The Kier molecular flexibility index (Phi) is 3.66. The predicted molar refractivity (Wildman–Crippen MR) is 98.3 cm³/mol. The van der Waals surface area contributed by atoms with Gasteiger partial charge in [-0.2, -0.15) is 20.0 Å². The summed E-state index contributed by atoms with van der Waals surface area (Å²) < 4.78 is 1.82. The van der Waals surface area contributed by atoms with E-state index in [9.17, 15) is 5.11 Å². The summed E-state index contributed by atoms with van der Waals surface area (Å²) in [6.45, 7) is 1.90. The zero-order valence-electron chi connectivity index (χ0n) is 13.3. The molecular weight excluding hydrogens is 336 g/mol. The second-order valence-electron chi connectivity index (χ2n) is 5.56. The Labute approximate surface area is 147 Å². The number of aromatic nitrogens is 5. The van der Waals surface area contributed by atoms with E-state index in [0.717, 1.165) is 16.5 Å². The third-order valence-corrected chi connectivity index (χ3v) is 4.10. The van der Waals surface area contributed by atoms with Gasteiger partial charge in [-0.05, 0) is 42.0 Å². The lowest BCUT2D eigenvalue weighted by atomic mass is 10.0. The van der Waals surface area contributed by atoms with E-state index in [1.54, 1.807) is 12.3 Å². The zero-order chi connectivity index (χ0) is 17.4. The molecule has 3 N–H and O–H groups in total. The number of fused-ring (bicyclic) bond motifs is 1. The molecule has 0 radical (unpaired) electrons. The fourth-order valence-electron chi connectivity index (χ4n) is 2.63. The standard InChI is InChI=1S/C17H14N6OS/c1-10-8-14(20-19-10)16-21-22-17(25)23(16)18-9-13-12-5-3-2-4-11(12)6-7-15(13)24/h2-9,24H,1H3,(H,19,20)(H,22,25)/b18-9+. The maximum Gasteiger partial charge on any atom is 0.216 e. The van der Waals surface area contributed by atoms with Gasteiger partial charge in [0.15, 0.2) is 0 Å². The number of nitrogens with zero attached hydrogens (tertiary/aromatic N) is 4. The molecule has 0 saturated heterocycles. The molecule has 124 valence electrons. The Bertz CT molecular complexity index is 1150. The van der Waals surface area contributed by atoms with Crippen LogP contribution in [0, 0.1) is 11.7 Å². The van der Waals surface area contributed by atoms with E-state index in [-0.39, 0.29) is 5.75 Å². The predicted octanol–water partition coefficient (Wildman–Crippen LogP) is 3.38. The van der Waals surface area contributed by atoms with Crippen LogP contribution in [0.2, 0.25) is 0 Å². The molecule has 2 aromatic carbocycles. The Morgan fingerprint density at radius 2 is 2.00 bits per heavy atom. The Balaban J connectivity index is 1.83. The van der Waals surface area contributed by atoms with Crippen LogP contribution >= 0.6 is 12.2 Å². The van der Waals surface area contributed by atoms with Crippen LogP contribution in [0.5, 0.6) is 5.75 Å². The number of phenolic OH excluding ortho intramolecular Hbond substituents is 1. The third kappa shape index (κ3) is 2.72. The van der Waals surface area contributed by atoms with Gasteiger partial charge in [0.1, 0.15) is 11.4 Å². The lowest BCUT2D eigenvalue weighted by Gasteiger charge is -2.04. The molecule has 0 aliphatic rings. The molecule has 4 aromatic rings. The van der Waals surface area contributed by atoms with Crippen LogP contribution in [0.4, 0.5) is 0 Å². The average Bonchev–Trinajstić information content (AvgIpc) is 3.20. The first-order chi connectivity index (χ1) is 12.1. The monoisotopic (exact) mass is 350 g/mol. The molecule has 2 heterocycles. The molecule has 0 saturated carbocycles. The summed E-state index contributed by atoms with van der Waals surface area (Å²) in [6, 6.07) is 13.1. The van der Waals surface area contributed by atoms with Gasteiger partial charge >= 0.3 is 0 Å². The van der Waals surface area contributed by atoms with E-state index in [4.69, 9.17) is 12.2 Å². The van der Waals surface area contributed by atoms with E-state index >= 15 is 0 Å². The summed E-state index contributed by atoms with van der Waals surface area (Å²) in [4.78, 5) is 0. The molecular formula is C17H14N6OS. The number of hydrogen-bond acceptors (Lipinski definition) is 5. The number of aromatic amines is 2. The molecule has 0 aliphatic heterocycles. The average molecular weight is 350 g/mol. The molecule has 4 rings (SSSR count). The first kappa shape index (κ1) is 15.3. The summed E-state index contributed by atoms with van der Waals surface area (Å²) in [5.74, 6) is 0.639. The first-order valence-corrected chi connectivity index (χ1v) is 7.99. The fourth-order valence-corrected chi connectivity index (χ4v) is 2.81. The van der Waals surface area contributed by atoms with E-state index in [0.29, 0.717) is 21.9 Å². The number of aryl methyl sites for hydroxylation is 1. The number of aromatic hydroxyl groups is 1. The zero-order valence-corrected chi connectivity index (χ0v) is 14.1. The lowest BCUT2D eigenvalue weighted by Crippen LogP contribution is -1.96. The maximum atomic E-state index is 10.2. The Morgan fingerprint density at radius 1 is 1.16 bits per heavy atom. The number of hydrogen-bond donors (Lipinski definition) is 3. The number of H-pyrrole nitrogens is 2. The van der Waals surface area contributed by atoms with Crippen molar-refractivity contribution in [3.05, 3.63) is 58.5 Å². The van der Waals surface area contributed by atoms with Crippen molar-refractivity contribution < 1.29 is 5.11 Å². The highest BCUT2D eigenvalue weighted by Gasteiger charge is 2.11. The SMILES string of the molecule is Cc1cc(-c2n[nH]c(=S)n2/N=C/c2c(O)ccc3ccccc23)n[nH]1. The van der Waals surface area contributed by atoms with Crippen molar-refractivity contribution in [2.24, 2.45) is 5.10 Å². The number of rotatable bonds is 3. The maximum absolute atomic E-state index is 10.2. The number of nitrogens with one attached hydrogen (secondary N) is 2. The second-order valence-corrected chi connectivity index (χ2v) is 5.95. The van der Waals surface area contributed by atoms with Gasteiger partial charge in [-0.3, -0.25) is 5.10 Å². The summed E-state index contributed by atoms with van der Waals surface area (Å²) >= 11 is 5.25. The molecule has 0 bridgehead atoms. The Hall–Kier alpha value is -3.26. The number of benzene rings is 2. The van der Waals surface area contributed by atoms with Crippen LogP contribution in [-0.2, 0) is 0 Å². The van der Waals surface area contributed by atoms with Gasteiger partial charge < -0.3 is 5.11 Å². The van der Waals surface area contributed by atoms with Crippen molar-refractivity contribution in [3.8, 4) is 17.3 Å². The summed E-state index contributed by atoms with van der Waals surface area (Å²) in [5.41, 5.74) is 2.15. The minimum absolute atomic E-state index is 0.148. The van der Waals surface area contributed by atoms with Gasteiger partial charge in [0.05, 0.1) is 6.21 Å². The van der Waals surface area contributed by atoms with Gasteiger partial charge in [0.2, 0.25) is 10.6 Å². The van der Waals surface area contributed by atoms with E-state index in [2.05, 4.69) is 25.5 Å². The second kappa shape index (κ2) is 5.99. The normalized spacial score (nSPS) is 11.6. The molecule has 7 nitrogen and oxygen atoms in total. The minimum Gasteiger partial charge on any atom is -0.507 e. The largest absolute Gasteiger partial charge is 0.507 e. The van der Waals surface area contributed by atoms with E-state index in [1.165, 1.54) is 4.68 Å². The smallest absolute Gasteiger partial charge is 0.216 e. The molecule has 2 aromatic heterocycles. The van der Waals surface area contributed by atoms with Crippen LogP contribution in [0.3, 0.4) is 0 Å². The van der Waals surface area contributed by atoms with Gasteiger partial charge in [-0.25, -0.2) is 5.10 Å². The molecule has 8 heteroatoms. The molecule has 0 unspecified atom stereocenters. The molecule has 0 atom stereocenters. The van der Waals surface area contributed by atoms with Crippen LogP contribution < -0.4 is 0 Å². The van der Waals surface area contributed by atoms with Crippen molar-refractivity contribution in [2.75, 3.05) is 0 Å². The molecule has 0 aliphatic carbocycles. The van der Waals surface area contributed by atoms with Crippen molar-refractivity contribution in [3.63, 3.8) is 0 Å². The van der Waals surface area contributed by atoms with E-state index < -0.39 is 0 Å². The van der Waals surface area contributed by atoms with Gasteiger partial charge in [-0.15, -0.1) is 0 Å². The number of phenols is 1. The molecule has 0 amide bonds. The molecule has 25 heavy (non-hydrogen) atoms. The van der Waals surface area contributed by atoms with Crippen LogP contribution in [0.25, 0.3) is 22.3 Å². The van der Waals surface area contributed by atoms with Gasteiger partial charge in [0.25, 0.3) is 0 Å². The summed E-state index contributed by atoms with van der Waals surface area (Å²) in [5, 5.41) is 30.5. The minimum atomic E-state index is 0.148. The highest BCUT2D eigenvalue weighted by atomic mass is 32.1. The highest BCUT2D eigenvalue weighted by Crippen LogP contribution is 2.25. The quantitative estimate of drug-likeness (QED) is 0.390. The van der Waals surface area contributed by atoms with Crippen molar-refractivity contribution in [1.82, 2.24) is 25.1 Å². The first-order valence-electron chi connectivity index (χ1n) is 7.58. The lowest BCUT2D eigenvalue weighted by molar-refractivity contribution is 0.475. The van der Waals surface area contributed by atoms with Crippen LogP contribution in [0.15, 0.2) is 47.6 Å². The Morgan fingerprint density at radius 3 is 2.80 bits per heavy atom. The third-order valence-electron chi connectivity index (χ3n) is 3.84. The van der Waals surface area contributed by atoms with Crippen molar-refractivity contribution in [1.29, 1.82) is 0 Å². The van der Waals surface area contributed by atoms with E-state index in [1.807, 2.05) is 43.3 Å². The molecule has 0 spiro atoms. The topological polar surface area (TPSA) is 94.9 Å².